The molecule has 1 N–H and O–H groups in total. The Bertz CT molecular complexity index is 425. The molecule has 2 saturated heterocycles. The van der Waals surface area contributed by atoms with Crippen molar-refractivity contribution in [3.05, 3.63) is 11.7 Å². The van der Waals surface area contributed by atoms with E-state index in [2.05, 4.69) is 29.2 Å². The highest BCUT2D eigenvalue weighted by molar-refractivity contribution is 5.02. The zero-order valence-corrected chi connectivity index (χ0v) is 12.6. The van der Waals surface area contributed by atoms with Gasteiger partial charge in [0.2, 0.25) is 5.89 Å². The molecule has 0 radical (unpaired) electrons. The van der Waals surface area contributed by atoms with Crippen LogP contribution < -0.4 is 5.32 Å². The zero-order chi connectivity index (χ0) is 13.9. The number of nitrogens with one attached hydrogen (secondary N) is 1. The fourth-order valence-corrected chi connectivity index (χ4v) is 3.46. The fourth-order valence-electron chi connectivity index (χ4n) is 3.46. The Morgan fingerprint density at radius 2 is 2.15 bits per heavy atom. The van der Waals surface area contributed by atoms with Crippen LogP contribution in [0.2, 0.25) is 0 Å². The first-order chi connectivity index (χ1) is 9.75. The predicted octanol–water partition coefficient (Wildman–Crippen LogP) is 2.47. The van der Waals surface area contributed by atoms with Gasteiger partial charge in [-0.15, -0.1) is 0 Å². The van der Waals surface area contributed by atoms with E-state index in [1.807, 2.05) is 0 Å². The molecular formula is C15H26N4O. The van der Waals surface area contributed by atoms with Crippen LogP contribution in [-0.4, -0.2) is 40.7 Å². The Kier molecular flexibility index (Phi) is 4.36. The van der Waals surface area contributed by atoms with E-state index in [1.54, 1.807) is 0 Å². The monoisotopic (exact) mass is 278 g/mol. The molecule has 1 aromatic rings. The standard InChI is InChI=1S/C15H26N4O/c1-11(2)19-9-4-3-7-13(19)15-17-14(18-20-15)12-6-5-8-16-10-12/h11-13,16H,3-10H2,1-2H3. The second-order valence-corrected chi connectivity index (χ2v) is 6.38. The van der Waals surface area contributed by atoms with Crippen LogP contribution in [0.5, 0.6) is 0 Å². The first kappa shape index (κ1) is 14.0. The third-order valence-corrected chi connectivity index (χ3v) is 4.61. The number of nitrogens with zero attached hydrogens (tertiary/aromatic N) is 3. The van der Waals surface area contributed by atoms with Crippen molar-refractivity contribution in [3.8, 4) is 0 Å². The van der Waals surface area contributed by atoms with Crippen molar-refractivity contribution in [3.63, 3.8) is 0 Å². The van der Waals surface area contributed by atoms with E-state index >= 15 is 0 Å². The number of aromatic nitrogens is 2. The lowest BCUT2D eigenvalue weighted by Crippen LogP contribution is -2.38. The molecule has 2 unspecified atom stereocenters. The number of likely N-dealkylation sites (tertiary alicyclic amines) is 1. The molecule has 0 bridgehead atoms. The molecule has 3 rings (SSSR count). The molecule has 20 heavy (non-hydrogen) atoms. The van der Waals surface area contributed by atoms with Gasteiger partial charge in [0.1, 0.15) is 0 Å². The van der Waals surface area contributed by atoms with Crippen LogP contribution in [0.15, 0.2) is 4.52 Å². The summed E-state index contributed by atoms with van der Waals surface area (Å²) in [5.74, 6) is 2.16. The van der Waals surface area contributed by atoms with Crippen molar-refractivity contribution in [1.29, 1.82) is 0 Å². The van der Waals surface area contributed by atoms with Gasteiger partial charge < -0.3 is 9.84 Å². The highest BCUT2D eigenvalue weighted by atomic mass is 16.5. The van der Waals surface area contributed by atoms with Gasteiger partial charge >= 0.3 is 0 Å². The molecule has 0 aliphatic carbocycles. The van der Waals surface area contributed by atoms with Crippen LogP contribution in [0.3, 0.4) is 0 Å². The topological polar surface area (TPSA) is 54.2 Å². The average molecular weight is 278 g/mol. The van der Waals surface area contributed by atoms with E-state index in [0.29, 0.717) is 18.0 Å². The smallest absolute Gasteiger partial charge is 0.244 e. The minimum Gasteiger partial charge on any atom is -0.338 e. The third-order valence-electron chi connectivity index (χ3n) is 4.61. The van der Waals surface area contributed by atoms with E-state index in [9.17, 15) is 0 Å². The van der Waals surface area contributed by atoms with E-state index in [0.717, 1.165) is 37.8 Å². The Hall–Kier alpha value is -0.940. The Morgan fingerprint density at radius 1 is 1.25 bits per heavy atom. The molecule has 0 saturated carbocycles. The van der Waals surface area contributed by atoms with Crippen LogP contribution in [0, 0.1) is 0 Å². The Morgan fingerprint density at radius 3 is 2.90 bits per heavy atom. The van der Waals surface area contributed by atoms with Crippen LogP contribution >= 0.6 is 0 Å². The Balaban J connectivity index is 1.74. The van der Waals surface area contributed by atoms with Gasteiger partial charge in [0.05, 0.1) is 6.04 Å². The SMILES string of the molecule is CC(C)N1CCCCC1c1nc(C2CCCNC2)no1. The predicted molar refractivity (Wildman–Crippen MR) is 77.6 cm³/mol. The summed E-state index contributed by atoms with van der Waals surface area (Å²) in [5, 5.41) is 7.67. The summed E-state index contributed by atoms with van der Waals surface area (Å²) >= 11 is 0. The summed E-state index contributed by atoms with van der Waals surface area (Å²) < 4.78 is 5.61. The lowest BCUT2D eigenvalue weighted by atomic mass is 9.98. The lowest BCUT2D eigenvalue weighted by molar-refractivity contribution is 0.0875. The molecule has 2 aliphatic heterocycles. The van der Waals surface area contributed by atoms with Crippen LogP contribution in [0.1, 0.15) is 69.6 Å². The van der Waals surface area contributed by atoms with Gasteiger partial charge in [-0.3, -0.25) is 4.90 Å². The summed E-state index contributed by atoms with van der Waals surface area (Å²) in [5.41, 5.74) is 0. The number of hydrogen-bond acceptors (Lipinski definition) is 5. The Labute approximate surface area is 121 Å². The maximum absolute atomic E-state index is 5.61. The summed E-state index contributed by atoms with van der Waals surface area (Å²) in [4.78, 5) is 7.23. The summed E-state index contributed by atoms with van der Waals surface area (Å²) in [6.45, 7) is 7.74. The van der Waals surface area contributed by atoms with Crippen molar-refractivity contribution in [2.75, 3.05) is 19.6 Å². The molecule has 1 aromatic heterocycles. The van der Waals surface area contributed by atoms with Gasteiger partial charge in [-0.25, -0.2) is 0 Å². The maximum atomic E-state index is 5.61. The average Bonchev–Trinajstić information content (AvgIpc) is 2.98. The molecule has 5 nitrogen and oxygen atoms in total. The molecule has 2 fully saturated rings. The minimum absolute atomic E-state index is 0.321. The summed E-state index contributed by atoms with van der Waals surface area (Å²) in [6, 6.07) is 0.855. The molecule has 0 aromatic carbocycles. The summed E-state index contributed by atoms with van der Waals surface area (Å²) in [6.07, 6.45) is 6.06. The van der Waals surface area contributed by atoms with Gasteiger partial charge in [-0.1, -0.05) is 11.6 Å². The third kappa shape index (κ3) is 2.88. The second-order valence-electron chi connectivity index (χ2n) is 6.38. The number of piperidine rings is 2. The van der Waals surface area contributed by atoms with Gasteiger partial charge in [-0.05, 0) is 52.6 Å². The normalized spacial score (nSPS) is 28.9. The molecule has 0 amide bonds. The number of rotatable bonds is 3. The van der Waals surface area contributed by atoms with Crippen LogP contribution in [-0.2, 0) is 0 Å². The van der Waals surface area contributed by atoms with Crippen molar-refractivity contribution < 1.29 is 4.52 Å². The molecule has 2 aliphatic rings. The van der Waals surface area contributed by atoms with Gasteiger partial charge in [0.25, 0.3) is 0 Å². The fraction of sp³-hybridized carbons (Fsp3) is 0.867. The quantitative estimate of drug-likeness (QED) is 0.920. The van der Waals surface area contributed by atoms with Crippen LogP contribution in [0.4, 0.5) is 0 Å². The van der Waals surface area contributed by atoms with Gasteiger partial charge in [0, 0.05) is 18.5 Å². The van der Waals surface area contributed by atoms with E-state index < -0.39 is 0 Å². The van der Waals surface area contributed by atoms with Crippen molar-refractivity contribution in [2.45, 2.75) is 64.0 Å². The molecule has 2 atom stereocenters. The van der Waals surface area contributed by atoms with Crippen molar-refractivity contribution >= 4 is 0 Å². The van der Waals surface area contributed by atoms with E-state index in [4.69, 9.17) is 9.51 Å². The molecule has 3 heterocycles. The maximum Gasteiger partial charge on any atom is 0.244 e. The van der Waals surface area contributed by atoms with E-state index in [1.165, 1.54) is 25.7 Å². The van der Waals surface area contributed by atoms with Crippen LogP contribution in [0.25, 0.3) is 0 Å². The molecular weight excluding hydrogens is 252 g/mol. The molecule has 112 valence electrons. The lowest BCUT2D eigenvalue weighted by Gasteiger charge is -2.36. The van der Waals surface area contributed by atoms with Gasteiger partial charge in [0.15, 0.2) is 5.82 Å². The van der Waals surface area contributed by atoms with Gasteiger partial charge in [-0.2, -0.15) is 4.98 Å². The van der Waals surface area contributed by atoms with Crippen molar-refractivity contribution in [1.82, 2.24) is 20.4 Å². The highest BCUT2D eigenvalue weighted by Gasteiger charge is 2.31. The molecule has 0 spiro atoms. The van der Waals surface area contributed by atoms with E-state index in [-0.39, 0.29) is 0 Å². The number of hydrogen-bond donors (Lipinski definition) is 1. The summed E-state index contributed by atoms with van der Waals surface area (Å²) in [7, 11) is 0. The largest absolute Gasteiger partial charge is 0.338 e. The van der Waals surface area contributed by atoms with Crippen molar-refractivity contribution in [2.24, 2.45) is 0 Å². The highest BCUT2D eigenvalue weighted by Crippen LogP contribution is 2.32. The second kappa shape index (κ2) is 6.22. The minimum atomic E-state index is 0.321. The zero-order valence-electron chi connectivity index (χ0n) is 12.6. The first-order valence-corrected chi connectivity index (χ1v) is 8.05. The first-order valence-electron chi connectivity index (χ1n) is 8.05. The molecule has 5 heteroatoms.